The highest BCUT2D eigenvalue weighted by atomic mass is 16.5. The molecule has 136 valence electrons. The van der Waals surface area contributed by atoms with Crippen LogP contribution in [-0.4, -0.2) is 7.11 Å². The standard InChI is InChI=1S/C24H18N2O2/c1-27-24-14-18(13-22(16-26)19-7-3-2-4-8-19)11-12-23(24)28-17-21-10-6-5-9-20(21)15-25/h2-14H,17H2,1H3/b22-13+. The molecule has 4 heteroatoms. The lowest BCUT2D eigenvalue weighted by Crippen LogP contribution is -2.00. The molecule has 0 aromatic heterocycles. The summed E-state index contributed by atoms with van der Waals surface area (Å²) in [6.45, 7) is 0.267. The van der Waals surface area contributed by atoms with Crippen molar-refractivity contribution < 1.29 is 9.47 Å². The van der Waals surface area contributed by atoms with Gasteiger partial charge in [-0.2, -0.15) is 10.5 Å². The van der Waals surface area contributed by atoms with Crippen molar-refractivity contribution in [3.05, 3.63) is 95.1 Å². The van der Waals surface area contributed by atoms with Gasteiger partial charge in [0, 0.05) is 5.56 Å². The summed E-state index contributed by atoms with van der Waals surface area (Å²) in [4.78, 5) is 0. The monoisotopic (exact) mass is 366 g/mol. The molecule has 0 aliphatic carbocycles. The van der Waals surface area contributed by atoms with E-state index in [0.717, 1.165) is 16.7 Å². The number of benzene rings is 3. The van der Waals surface area contributed by atoms with Crippen LogP contribution in [0.15, 0.2) is 72.8 Å². The summed E-state index contributed by atoms with van der Waals surface area (Å²) < 4.78 is 11.3. The average Bonchev–Trinajstić information content (AvgIpc) is 2.77. The Kier molecular flexibility index (Phi) is 6.08. The molecule has 0 unspecified atom stereocenters. The van der Waals surface area contributed by atoms with Crippen LogP contribution in [-0.2, 0) is 6.61 Å². The molecule has 0 atom stereocenters. The molecular weight excluding hydrogens is 348 g/mol. The van der Waals surface area contributed by atoms with Crippen LogP contribution in [0.4, 0.5) is 0 Å². The Labute approximate surface area is 164 Å². The first-order chi connectivity index (χ1) is 13.7. The molecule has 0 fully saturated rings. The molecule has 0 aliphatic heterocycles. The predicted molar refractivity (Wildman–Crippen MR) is 108 cm³/mol. The Bertz CT molecular complexity index is 1070. The molecule has 0 amide bonds. The summed E-state index contributed by atoms with van der Waals surface area (Å²) in [6.07, 6.45) is 1.81. The van der Waals surface area contributed by atoms with E-state index >= 15 is 0 Å². The Morgan fingerprint density at radius 2 is 1.68 bits per heavy atom. The van der Waals surface area contributed by atoms with Crippen molar-refractivity contribution in [3.8, 4) is 23.6 Å². The molecule has 3 aromatic rings. The largest absolute Gasteiger partial charge is 0.493 e. The van der Waals surface area contributed by atoms with Crippen LogP contribution in [0.25, 0.3) is 11.6 Å². The first-order valence-electron chi connectivity index (χ1n) is 8.71. The van der Waals surface area contributed by atoms with E-state index in [1.807, 2.05) is 66.7 Å². The molecule has 0 radical (unpaired) electrons. The fraction of sp³-hybridized carbons (Fsp3) is 0.0833. The van der Waals surface area contributed by atoms with Crippen molar-refractivity contribution in [2.45, 2.75) is 6.61 Å². The second-order valence-corrected chi connectivity index (χ2v) is 6.00. The Morgan fingerprint density at radius 3 is 2.39 bits per heavy atom. The zero-order chi connectivity index (χ0) is 19.8. The minimum absolute atomic E-state index is 0.267. The number of hydrogen-bond donors (Lipinski definition) is 0. The summed E-state index contributed by atoms with van der Waals surface area (Å²) >= 11 is 0. The summed E-state index contributed by atoms with van der Waals surface area (Å²) in [5.74, 6) is 1.14. The van der Waals surface area contributed by atoms with Crippen molar-refractivity contribution in [2.24, 2.45) is 0 Å². The van der Waals surface area contributed by atoms with Gasteiger partial charge in [-0.15, -0.1) is 0 Å². The lowest BCUT2D eigenvalue weighted by molar-refractivity contribution is 0.284. The second kappa shape index (κ2) is 9.07. The van der Waals surface area contributed by atoms with Crippen molar-refractivity contribution in [2.75, 3.05) is 7.11 Å². The Hall–Kier alpha value is -4.02. The quantitative estimate of drug-likeness (QED) is 0.444. The zero-order valence-corrected chi connectivity index (χ0v) is 15.4. The Morgan fingerprint density at radius 1 is 0.929 bits per heavy atom. The van der Waals surface area contributed by atoms with E-state index in [1.165, 1.54) is 0 Å². The summed E-state index contributed by atoms with van der Waals surface area (Å²) in [6, 6.07) is 26.7. The highest BCUT2D eigenvalue weighted by molar-refractivity contribution is 5.89. The van der Waals surface area contributed by atoms with E-state index in [0.29, 0.717) is 22.6 Å². The molecule has 0 heterocycles. The number of rotatable bonds is 6. The fourth-order valence-corrected chi connectivity index (χ4v) is 2.77. The minimum Gasteiger partial charge on any atom is -0.493 e. The van der Waals surface area contributed by atoms with Gasteiger partial charge in [0.05, 0.1) is 30.4 Å². The predicted octanol–water partition coefficient (Wildman–Crippen LogP) is 5.21. The van der Waals surface area contributed by atoms with Crippen LogP contribution in [0.3, 0.4) is 0 Å². The lowest BCUT2D eigenvalue weighted by atomic mass is 10.0. The van der Waals surface area contributed by atoms with Gasteiger partial charge < -0.3 is 9.47 Å². The molecule has 0 saturated carbocycles. The smallest absolute Gasteiger partial charge is 0.161 e. The van der Waals surface area contributed by atoms with Crippen molar-refractivity contribution in [1.29, 1.82) is 10.5 Å². The van der Waals surface area contributed by atoms with Crippen molar-refractivity contribution in [3.63, 3.8) is 0 Å². The molecule has 3 aromatic carbocycles. The summed E-state index contributed by atoms with van der Waals surface area (Å²) in [7, 11) is 1.57. The molecule has 0 bridgehead atoms. The van der Waals surface area contributed by atoms with Crippen LogP contribution in [0.2, 0.25) is 0 Å². The third-order valence-corrected chi connectivity index (χ3v) is 4.22. The molecule has 0 saturated heterocycles. The number of ether oxygens (including phenoxy) is 2. The third kappa shape index (κ3) is 4.38. The van der Waals surface area contributed by atoms with Crippen LogP contribution in [0, 0.1) is 22.7 Å². The van der Waals surface area contributed by atoms with Crippen molar-refractivity contribution >= 4 is 11.6 Å². The molecule has 4 nitrogen and oxygen atoms in total. The highest BCUT2D eigenvalue weighted by Gasteiger charge is 2.08. The topological polar surface area (TPSA) is 66.0 Å². The van der Waals surface area contributed by atoms with Gasteiger partial charge in [0.2, 0.25) is 0 Å². The van der Waals surface area contributed by atoms with Gasteiger partial charge >= 0.3 is 0 Å². The van der Waals surface area contributed by atoms with Crippen LogP contribution < -0.4 is 9.47 Å². The normalized spacial score (nSPS) is 10.6. The van der Waals surface area contributed by atoms with Gasteiger partial charge in [-0.1, -0.05) is 54.6 Å². The maximum Gasteiger partial charge on any atom is 0.161 e. The maximum atomic E-state index is 9.48. The third-order valence-electron chi connectivity index (χ3n) is 4.22. The van der Waals surface area contributed by atoms with E-state index in [9.17, 15) is 10.5 Å². The first kappa shape index (κ1) is 18.8. The van der Waals surface area contributed by atoms with Gasteiger partial charge in [0.25, 0.3) is 0 Å². The molecule has 0 N–H and O–H groups in total. The van der Waals surface area contributed by atoms with Crippen LogP contribution in [0.1, 0.15) is 22.3 Å². The number of allylic oxidation sites excluding steroid dienone is 1. The van der Waals surface area contributed by atoms with Gasteiger partial charge in [0.15, 0.2) is 11.5 Å². The van der Waals surface area contributed by atoms with Crippen LogP contribution in [0.5, 0.6) is 11.5 Å². The molecule has 28 heavy (non-hydrogen) atoms. The summed E-state index contributed by atoms with van der Waals surface area (Å²) in [5, 5.41) is 18.7. The SMILES string of the molecule is COc1cc(/C=C(\C#N)c2ccccc2)ccc1OCc1ccccc1C#N. The molecule has 0 spiro atoms. The maximum absolute atomic E-state index is 9.48. The average molecular weight is 366 g/mol. The first-order valence-corrected chi connectivity index (χ1v) is 8.71. The second-order valence-electron chi connectivity index (χ2n) is 6.00. The number of methoxy groups -OCH3 is 1. The number of nitriles is 2. The highest BCUT2D eigenvalue weighted by Crippen LogP contribution is 2.30. The van der Waals surface area contributed by atoms with Crippen molar-refractivity contribution in [1.82, 2.24) is 0 Å². The van der Waals surface area contributed by atoms with E-state index < -0.39 is 0 Å². The van der Waals surface area contributed by atoms with Gasteiger partial charge in [-0.05, 0) is 35.4 Å². The molecule has 0 aliphatic rings. The zero-order valence-electron chi connectivity index (χ0n) is 15.4. The minimum atomic E-state index is 0.267. The molecular formula is C24H18N2O2. The Balaban J connectivity index is 1.84. The van der Waals surface area contributed by atoms with E-state index in [4.69, 9.17) is 9.47 Å². The van der Waals surface area contributed by atoms with E-state index in [2.05, 4.69) is 12.1 Å². The summed E-state index contributed by atoms with van der Waals surface area (Å²) in [5.41, 5.74) is 3.66. The lowest BCUT2D eigenvalue weighted by Gasteiger charge is -2.12. The van der Waals surface area contributed by atoms with Gasteiger partial charge in [-0.3, -0.25) is 0 Å². The van der Waals surface area contributed by atoms with E-state index in [1.54, 1.807) is 19.2 Å². The molecule has 3 rings (SSSR count). The van der Waals surface area contributed by atoms with E-state index in [-0.39, 0.29) is 6.61 Å². The van der Waals surface area contributed by atoms with Gasteiger partial charge in [-0.25, -0.2) is 0 Å². The number of hydrogen-bond acceptors (Lipinski definition) is 4. The number of nitrogens with zero attached hydrogens (tertiary/aromatic N) is 2. The van der Waals surface area contributed by atoms with Gasteiger partial charge in [0.1, 0.15) is 6.61 Å². The van der Waals surface area contributed by atoms with Crippen LogP contribution >= 0.6 is 0 Å². The fourth-order valence-electron chi connectivity index (χ4n) is 2.77.